The molecule has 0 radical (unpaired) electrons. The molecule has 152 valence electrons. The van der Waals surface area contributed by atoms with Crippen LogP contribution in [0.15, 0.2) is 39.9 Å². The van der Waals surface area contributed by atoms with Gasteiger partial charge in [-0.15, -0.1) is 0 Å². The van der Waals surface area contributed by atoms with E-state index in [2.05, 4.69) is 20.9 Å². The highest BCUT2D eigenvalue weighted by Gasteiger charge is 2.11. The highest BCUT2D eigenvalue weighted by atomic mass is 32.2. The minimum absolute atomic E-state index is 0.206. The molecular formula is C20H27FN4O2S. The Labute approximate surface area is 169 Å². The topological polar surface area (TPSA) is 78.7 Å². The number of guanidine groups is 1. The number of hydrogen-bond acceptors (Lipinski definition) is 4. The van der Waals surface area contributed by atoms with Crippen molar-refractivity contribution in [3.8, 4) is 0 Å². The lowest BCUT2D eigenvalue weighted by molar-refractivity contribution is 0.0925. The van der Waals surface area contributed by atoms with E-state index in [1.807, 2.05) is 13.2 Å². The summed E-state index contributed by atoms with van der Waals surface area (Å²) in [6.45, 7) is 3.57. The van der Waals surface area contributed by atoms with Crippen molar-refractivity contribution in [1.82, 2.24) is 16.0 Å². The Bertz CT molecular complexity index is 807. The predicted molar refractivity (Wildman–Crippen MR) is 112 cm³/mol. The van der Waals surface area contributed by atoms with Crippen LogP contribution in [0.25, 0.3) is 0 Å². The minimum atomic E-state index is -0.220. The molecule has 1 aromatic heterocycles. The first-order chi connectivity index (χ1) is 13.5. The van der Waals surface area contributed by atoms with E-state index < -0.39 is 0 Å². The van der Waals surface area contributed by atoms with Crippen molar-refractivity contribution >= 4 is 23.6 Å². The fraction of sp³-hybridized carbons (Fsp3) is 0.400. The van der Waals surface area contributed by atoms with Gasteiger partial charge in [0.05, 0.1) is 6.26 Å². The molecule has 0 unspecified atom stereocenters. The largest absolute Gasteiger partial charge is 0.459 e. The fourth-order valence-electron chi connectivity index (χ4n) is 2.64. The van der Waals surface area contributed by atoms with E-state index >= 15 is 0 Å². The number of carbonyl (C=O) groups excluding carboxylic acids is 1. The van der Waals surface area contributed by atoms with Gasteiger partial charge in [-0.05, 0) is 48.9 Å². The summed E-state index contributed by atoms with van der Waals surface area (Å²) in [7, 11) is 1.70. The molecule has 0 spiro atoms. The number of carbonyl (C=O) groups is 1. The number of aliphatic imine (C=N–C) groups is 1. The molecule has 0 bridgehead atoms. The Morgan fingerprint density at radius 3 is 2.64 bits per heavy atom. The summed E-state index contributed by atoms with van der Waals surface area (Å²) in [5, 5.41) is 9.28. The third kappa shape index (κ3) is 6.60. The smallest absolute Gasteiger partial charge is 0.287 e. The van der Waals surface area contributed by atoms with E-state index in [1.54, 1.807) is 37.0 Å². The van der Waals surface area contributed by atoms with Crippen LogP contribution in [0.4, 0.5) is 4.39 Å². The summed E-state index contributed by atoms with van der Waals surface area (Å²) in [6.07, 6.45) is 4.24. The molecule has 0 aliphatic carbocycles. The lowest BCUT2D eigenvalue weighted by Gasteiger charge is -2.14. The Morgan fingerprint density at radius 1 is 1.18 bits per heavy atom. The van der Waals surface area contributed by atoms with Crippen molar-refractivity contribution in [3.63, 3.8) is 0 Å². The summed E-state index contributed by atoms with van der Waals surface area (Å²) >= 11 is 1.66. The van der Waals surface area contributed by atoms with Gasteiger partial charge < -0.3 is 20.4 Å². The maximum Gasteiger partial charge on any atom is 0.287 e. The van der Waals surface area contributed by atoms with Gasteiger partial charge in [-0.1, -0.05) is 6.07 Å². The third-order valence-electron chi connectivity index (χ3n) is 4.14. The van der Waals surface area contributed by atoms with Gasteiger partial charge in [-0.25, -0.2) is 4.39 Å². The van der Waals surface area contributed by atoms with Crippen LogP contribution in [0.2, 0.25) is 0 Å². The lowest BCUT2D eigenvalue weighted by atomic mass is 10.1. The maximum atomic E-state index is 13.4. The summed E-state index contributed by atoms with van der Waals surface area (Å²) in [4.78, 5) is 16.2. The molecule has 0 fully saturated rings. The molecule has 2 rings (SSSR count). The monoisotopic (exact) mass is 406 g/mol. The quantitative estimate of drug-likeness (QED) is 0.339. The molecule has 2 aromatic rings. The van der Waals surface area contributed by atoms with Crippen molar-refractivity contribution < 1.29 is 13.6 Å². The van der Waals surface area contributed by atoms with Gasteiger partial charge in [0.25, 0.3) is 5.91 Å². The number of nitrogens with one attached hydrogen (secondary N) is 3. The van der Waals surface area contributed by atoms with Crippen LogP contribution in [0.5, 0.6) is 0 Å². The number of aryl methyl sites for hydroxylation is 1. The third-order valence-corrected chi connectivity index (χ3v) is 4.74. The average Bonchev–Trinajstić information content (AvgIpc) is 3.11. The first-order valence-corrected chi connectivity index (χ1v) is 10.5. The van der Waals surface area contributed by atoms with E-state index in [1.165, 1.54) is 12.3 Å². The number of amides is 1. The number of hydrogen-bond donors (Lipinski definition) is 3. The molecule has 0 aliphatic heterocycles. The van der Waals surface area contributed by atoms with Crippen LogP contribution in [-0.4, -0.2) is 38.3 Å². The average molecular weight is 407 g/mol. The lowest BCUT2D eigenvalue weighted by Crippen LogP contribution is -2.38. The number of furan rings is 1. The standard InChI is InChI=1S/C20H27FN4O2S/c1-14-7-10-27-18(14)19(26)23-8-4-9-24-20(22-2)25-12-15-5-6-17(21)11-16(15)13-28-3/h5-7,10-11H,4,8-9,12-13H2,1-3H3,(H,23,26)(H2,22,24,25). The van der Waals surface area contributed by atoms with E-state index in [9.17, 15) is 9.18 Å². The van der Waals surface area contributed by atoms with E-state index in [-0.39, 0.29) is 11.7 Å². The molecule has 0 aliphatic rings. The Kier molecular flexibility index (Phi) is 8.87. The predicted octanol–water partition coefficient (Wildman–Crippen LogP) is 3.08. The van der Waals surface area contributed by atoms with Gasteiger partial charge >= 0.3 is 0 Å². The van der Waals surface area contributed by atoms with Crippen LogP contribution in [0.1, 0.15) is 33.7 Å². The molecular weight excluding hydrogens is 379 g/mol. The Hall–Kier alpha value is -2.48. The van der Waals surface area contributed by atoms with Crippen molar-refractivity contribution in [2.24, 2.45) is 4.99 Å². The molecule has 6 nitrogen and oxygen atoms in total. The normalized spacial score (nSPS) is 11.4. The van der Waals surface area contributed by atoms with Crippen LogP contribution in [0.3, 0.4) is 0 Å². The minimum Gasteiger partial charge on any atom is -0.459 e. The number of rotatable bonds is 9. The van der Waals surface area contributed by atoms with Gasteiger partial charge in [0.15, 0.2) is 11.7 Å². The number of nitrogens with zero attached hydrogens (tertiary/aromatic N) is 1. The van der Waals surface area contributed by atoms with Crippen LogP contribution in [-0.2, 0) is 12.3 Å². The summed E-state index contributed by atoms with van der Waals surface area (Å²) in [5.41, 5.74) is 2.84. The van der Waals surface area contributed by atoms with E-state index in [0.29, 0.717) is 31.4 Å². The first-order valence-electron chi connectivity index (χ1n) is 9.08. The highest BCUT2D eigenvalue weighted by molar-refractivity contribution is 7.97. The number of halogens is 1. The molecule has 3 N–H and O–H groups in total. The van der Waals surface area contributed by atoms with Gasteiger partial charge in [0.2, 0.25) is 0 Å². The molecule has 0 atom stereocenters. The zero-order valence-corrected chi connectivity index (χ0v) is 17.3. The molecule has 0 saturated heterocycles. The van der Waals surface area contributed by atoms with Crippen LogP contribution in [0, 0.1) is 12.7 Å². The van der Waals surface area contributed by atoms with Crippen molar-refractivity contribution in [2.75, 3.05) is 26.4 Å². The van der Waals surface area contributed by atoms with Gasteiger partial charge in [-0.3, -0.25) is 9.79 Å². The summed E-state index contributed by atoms with van der Waals surface area (Å²) < 4.78 is 18.6. The number of benzene rings is 1. The highest BCUT2D eigenvalue weighted by Crippen LogP contribution is 2.16. The van der Waals surface area contributed by atoms with Crippen LogP contribution < -0.4 is 16.0 Å². The number of thioether (sulfide) groups is 1. The molecule has 1 heterocycles. The van der Waals surface area contributed by atoms with E-state index in [0.717, 1.165) is 28.9 Å². The first kappa shape index (κ1) is 21.8. The van der Waals surface area contributed by atoms with Crippen molar-refractivity contribution in [1.29, 1.82) is 0 Å². The molecule has 8 heteroatoms. The zero-order chi connectivity index (χ0) is 20.4. The second kappa shape index (κ2) is 11.4. The van der Waals surface area contributed by atoms with Gasteiger partial charge in [0, 0.05) is 38.0 Å². The van der Waals surface area contributed by atoms with E-state index in [4.69, 9.17) is 4.42 Å². The Balaban J connectivity index is 1.72. The molecule has 1 amide bonds. The summed E-state index contributed by atoms with van der Waals surface area (Å²) in [6, 6.07) is 6.61. The fourth-order valence-corrected chi connectivity index (χ4v) is 3.22. The van der Waals surface area contributed by atoms with Gasteiger partial charge in [-0.2, -0.15) is 11.8 Å². The van der Waals surface area contributed by atoms with Gasteiger partial charge in [0.1, 0.15) is 5.82 Å². The molecule has 1 aromatic carbocycles. The van der Waals surface area contributed by atoms with Crippen molar-refractivity contribution in [2.45, 2.75) is 25.6 Å². The second-order valence-corrected chi connectivity index (χ2v) is 7.11. The Morgan fingerprint density at radius 2 is 1.96 bits per heavy atom. The second-order valence-electron chi connectivity index (χ2n) is 6.24. The SMILES string of the molecule is CN=C(NCCCNC(=O)c1occc1C)NCc1ccc(F)cc1CSC. The summed E-state index contributed by atoms with van der Waals surface area (Å²) in [5.74, 6) is 1.35. The zero-order valence-electron chi connectivity index (χ0n) is 16.5. The molecule has 0 saturated carbocycles. The van der Waals surface area contributed by atoms with Crippen molar-refractivity contribution in [3.05, 3.63) is 58.8 Å². The van der Waals surface area contributed by atoms with Crippen LogP contribution >= 0.6 is 11.8 Å². The maximum absolute atomic E-state index is 13.4. The molecule has 28 heavy (non-hydrogen) atoms.